The van der Waals surface area contributed by atoms with Crippen LogP contribution >= 0.6 is 15.9 Å². The number of nitrogens with one attached hydrogen (secondary N) is 1. The molecule has 1 N–H and O–H groups in total. The highest BCUT2D eigenvalue weighted by Gasteiger charge is 2.19. The van der Waals surface area contributed by atoms with Gasteiger partial charge in [-0.3, -0.25) is 0 Å². The van der Waals surface area contributed by atoms with Gasteiger partial charge < -0.3 is 10.1 Å². The summed E-state index contributed by atoms with van der Waals surface area (Å²) in [6.07, 6.45) is 2.29. The topological polar surface area (TPSA) is 21.3 Å². The molecule has 1 aliphatic rings. The number of benzene rings is 1. The molecule has 0 amide bonds. The SMILES string of the molecule is Cc1cc(F)c(Br)cc1NC1CCOC(C)C1. The highest BCUT2D eigenvalue weighted by Crippen LogP contribution is 2.26. The number of rotatable bonds is 2. The monoisotopic (exact) mass is 301 g/mol. The smallest absolute Gasteiger partial charge is 0.137 e. The highest BCUT2D eigenvalue weighted by atomic mass is 79.9. The Morgan fingerprint density at radius 2 is 2.24 bits per heavy atom. The molecule has 2 unspecified atom stereocenters. The van der Waals surface area contributed by atoms with Crippen LogP contribution in [0.1, 0.15) is 25.3 Å². The van der Waals surface area contributed by atoms with Crippen LogP contribution in [0, 0.1) is 12.7 Å². The number of halogens is 2. The first-order valence-electron chi connectivity index (χ1n) is 5.90. The minimum atomic E-state index is -0.214. The zero-order valence-electron chi connectivity index (χ0n) is 10.1. The van der Waals surface area contributed by atoms with Gasteiger partial charge in [0.15, 0.2) is 0 Å². The summed E-state index contributed by atoms with van der Waals surface area (Å²) in [5, 5.41) is 3.47. The minimum Gasteiger partial charge on any atom is -0.382 e. The van der Waals surface area contributed by atoms with Crippen molar-refractivity contribution in [3.8, 4) is 0 Å². The summed E-state index contributed by atoms with van der Waals surface area (Å²) in [7, 11) is 0. The average molecular weight is 302 g/mol. The summed E-state index contributed by atoms with van der Waals surface area (Å²) >= 11 is 3.22. The predicted molar refractivity (Wildman–Crippen MR) is 70.9 cm³/mol. The maximum atomic E-state index is 13.3. The predicted octanol–water partition coefficient (Wildman–Crippen LogP) is 3.88. The lowest BCUT2D eigenvalue weighted by atomic mass is 10.0. The van der Waals surface area contributed by atoms with Crippen molar-refractivity contribution in [2.75, 3.05) is 11.9 Å². The van der Waals surface area contributed by atoms with Crippen molar-refractivity contribution in [2.45, 2.75) is 38.8 Å². The molecule has 0 radical (unpaired) electrons. The van der Waals surface area contributed by atoms with Gasteiger partial charge in [-0.05, 0) is 60.3 Å². The van der Waals surface area contributed by atoms with Crippen LogP contribution in [-0.4, -0.2) is 18.8 Å². The summed E-state index contributed by atoms with van der Waals surface area (Å²) in [6.45, 7) is 4.79. The molecule has 1 aliphatic heterocycles. The molecule has 0 bridgehead atoms. The van der Waals surface area contributed by atoms with E-state index in [1.165, 1.54) is 0 Å². The molecule has 17 heavy (non-hydrogen) atoms. The number of aryl methyl sites for hydroxylation is 1. The van der Waals surface area contributed by atoms with E-state index in [1.54, 1.807) is 6.07 Å². The maximum absolute atomic E-state index is 13.3. The summed E-state index contributed by atoms with van der Waals surface area (Å²) in [4.78, 5) is 0. The molecule has 0 spiro atoms. The van der Waals surface area contributed by atoms with E-state index in [9.17, 15) is 4.39 Å². The molecule has 0 aliphatic carbocycles. The van der Waals surface area contributed by atoms with Gasteiger partial charge >= 0.3 is 0 Å². The standard InChI is InChI=1S/C13H17BrFNO/c1-8-5-12(15)11(14)7-13(8)16-10-3-4-17-9(2)6-10/h5,7,9-10,16H,3-4,6H2,1-2H3. The molecule has 0 saturated carbocycles. The Morgan fingerprint density at radius 1 is 1.47 bits per heavy atom. The summed E-state index contributed by atoms with van der Waals surface area (Å²) < 4.78 is 19.3. The third-order valence-electron chi connectivity index (χ3n) is 3.11. The zero-order chi connectivity index (χ0) is 12.4. The zero-order valence-corrected chi connectivity index (χ0v) is 11.7. The van der Waals surface area contributed by atoms with Gasteiger partial charge in [0.2, 0.25) is 0 Å². The van der Waals surface area contributed by atoms with Crippen molar-refractivity contribution >= 4 is 21.6 Å². The molecule has 4 heteroatoms. The van der Waals surface area contributed by atoms with Crippen LogP contribution < -0.4 is 5.32 Å². The second kappa shape index (κ2) is 5.36. The van der Waals surface area contributed by atoms with Crippen molar-refractivity contribution in [3.63, 3.8) is 0 Å². The quantitative estimate of drug-likeness (QED) is 0.895. The average Bonchev–Trinajstić information content (AvgIpc) is 2.26. The first-order chi connectivity index (χ1) is 8.06. The van der Waals surface area contributed by atoms with E-state index in [0.717, 1.165) is 30.7 Å². The van der Waals surface area contributed by atoms with Crippen LogP contribution in [0.3, 0.4) is 0 Å². The van der Waals surface area contributed by atoms with Gasteiger partial charge in [0.1, 0.15) is 5.82 Å². The third kappa shape index (κ3) is 3.19. The Labute approximate surface area is 110 Å². The Bertz CT molecular complexity index is 411. The summed E-state index contributed by atoms with van der Waals surface area (Å²) in [5.74, 6) is -0.214. The molecule has 94 valence electrons. The molecule has 0 aromatic heterocycles. The molecular formula is C13H17BrFNO. The molecule has 1 fully saturated rings. The van der Waals surface area contributed by atoms with E-state index < -0.39 is 0 Å². The lowest BCUT2D eigenvalue weighted by Gasteiger charge is -2.29. The fraction of sp³-hybridized carbons (Fsp3) is 0.538. The lowest BCUT2D eigenvalue weighted by Crippen LogP contribution is -2.32. The minimum absolute atomic E-state index is 0.214. The van der Waals surface area contributed by atoms with Crippen molar-refractivity contribution in [1.82, 2.24) is 0 Å². The summed E-state index contributed by atoms with van der Waals surface area (Å²) in [5.41, 5.74) is 1.93. The summed E-state index contributed by atoms with van der Waals surface area (Å²) in [6, 6.07) is 3.77. The molecule has 2 rings (SSSR count). The first-order valence-corrected chi connectivity index (χ1v) is 6.69. The fourth-order valence-electron chi connectivity index (χ4n) is 2.15. The van der Waals surface area contributed by atoms with Crippen molar-refractivity contribution in [2.24, 2.45) is 0 Å². The number of anilines is 1. The Hall–Kier alpha value is -0.610. The van der Waals surface area contributed by atoms with Gasteiger partial charge in [0.05, 0.1) is 10.6 Å². The van der Waals surface area contributed by atoms with Gasteiger partial charge in [0.25, 0.3) is 0 Å². The van der Waals surface area contributed by atoms with Crippen molar-refractivity contribution in [1.29, 1.82) is 0 Å². The van der Waals surface area contributed by atoms with Gasteiger partial charge in [-0.25, -0.2) is 4.39 Å². The molecule has 2 nitrogen and oxygen atoms in total. The number of ether oxygens (including phenoxy) is 1. The van der Waals surface area contributed by atoms with Gasteiger partial charge in [-0.1, -0.05) is 0 Å². The van der Waals surface area contributed by atoms with Crippen LogP contribution in [0.4, 0.5) is 10.1 Å². The second-order valence-electron chi connectivity index (χ2n) is 4.63. The number of hydrogen-bond acceptors (Lipinski definition) is 2. The largest absolute Gasteiger partial charge is 0.382 e. The maximum Gasteiger partial charge on any atom is 0.137 e. The van der Waals surface area contributed by atoms with Gasteiger partial charge in [-0.2, -0.15) is 0 Å². The Kier molecular flexibility index (Phi) is 4.05. The van der Waals surface area contributed by atoms with E-state index in [4.69, 9.17) is 4.74 Å². The lowest BCUT2D eigenvalue weighted by molar-refractivity contribution is 0.0232. The molecular weight excluding hydrogens is 285 g/mol. The van der Waals surface area contributed by atoms with E-state index in [2.05, 4.69) is 28.2 Å². The second-order valence-corrected chi connectivity index (χ2v) is 5.48. The van der Waals surface area contributed by atoms with Crippen LogP contribution in [0.25, 0.3) is 0 Å². The van der Waals surface area contributed by atoms with E-state index >= 15 is 0 Å². The third-order valence-corrected chi connectivity index (χ3v) is 3.72. The highest BCUT2D eigenvalue weighted by molar-refractivity contribution is 9.10. The van der Waals surface area contributed by atoms with Crippen molar-refractivity contribution in [3.05, 3.63) is 28.0 Å². The van der Waals surface area contributed by atoms with Crippen molar-refractivity contribution < 1.29 is 9.13 Å². The molecule has 2 atom stereocenters. The van der Waals surface area contributed by atoms with E-state index in [1.807, 2.05) is 13.0 Å². The molecule has 1 saturated heterocycles. The van der Waals surface area contributed by atoms with Gasteiger partial charge in [0, 0.05) is 18.3 Å². The van der Waals surface area contributed by atoms with Gasteiger partial charge in [-0.15, -0.1) is 0 Å². The number of hydrogen-bond donors (Lipinski definition) is 1. The van der Waals surface area contributed by atoms with Crippen LogP contribution in [0.2, 0.25) is 0 Å². The van der Waals surface area contributed by atoms with E-state index in [-0.39, 0.29) is 5.82 Å². The van der Waals surface area contributed by atoms with Crippen LogP contribution in [0.5, 0.6) is 0 Å². The molecule has 1 aromatic rings. The fourth-order valence-corrected chi connectivity index (χ4v) is 2.49. The normalized spacial score (nSPS) is 24.7. The molecule has 1 aromatic carbocycles. The molecule has 1 heterocycles. The Morgan fingerprint density at radius 3 is 2.94 bits per heavy atom. The Balaban J connectivity index is 2.10. The van der Waals surface area contributed by atoms with E-state index in [0.29, 0.717) is 16.6 Å². The van der Waals surface area contributed by atoms with Crippen LogP contribution in [0.15, 0.2) is 16.6 Å². The first kappa shape index (κ1) is 12.8. The van der Waals surface area contributed by atoms with Crippen LogP contribution in [-0.2, 0) is 4.74 Å².